The van der Waals surface area contributed by atoms with Crippen molar-refractivity contribution in [2.24, 2.45) is 0 Å². The van der Waals surface area contributed by atoms with Gasteiger partial charge in [-0.3, -0.25) is 10.1 Å². The molecule has 0 radical (unpaired) electrons. The zero-order valence-electron chi connectivity index (χ0n) is 15.8. The number of halogens is 2. The molecule has 0 aliphatic carbocycles. The molecule has 0 spiro atoms. The number of amides is 1. The normalized spacial score (nSPS) is 10.9. The topological polar surface area (TPSA) is 51.2 Å². The Morgan fingerprint density at radius 2 is 1.96 bits per heavy atom. The quantitative estimate of drug-likeness (QED) is 0.488. The molecule has 0 saturated heterocycles. The van der Waals surface area contributed by atoms with Crippen LogP contribution >= 0.6 is 34.5 Å². The number of benzene rings is 2. The fourth-order valence-corrected chi connectivity index (χ4v) is 4.03. The lowest BCUT2D eigenvalue weighted by Crippen LogP contribution is -2.15. The Balaban J connectivity index is 1.79. The van der Waals surface area contributed by atoms with Crippen molar-refractivity contribution in [1.29, 1.82) is 0 Å². The van der Waals surface area contributed by atoms with Crippen LogP contribution in [0.4, 0.5) is 5.13 Å². The van der Waals surface area contributed by atoms with Gasteiger partial charge < -0.3 is 4.74 Å². The van der Waals surface area contributed by atoms with Crippen LogP contribution in [0.15, 0.2) is 42.5 Å². The molecular weight excluding hydrogens is 415 g/mol. The standard InChI is InChI=1S/C21H20Cl2N2O2S/c1-12(2)27-18-7-5-4-6-16(18)20(26)25-21-24-13(3)19(28-21)11-14-10-15(22)8-9-17(14)23/h4-10,12H,11H2,1-3H3,(H,24,25,26). The lowest BCUT2D eigenvalue weighted by molar-refractivity contribution is 0.102. The molecule has 0 aliphatic rings. The van der Waals surface area contributed by atoms with Crippen LogP contribution in [0.25, 0.3) is 0 Å². The Labute approximate surface area is 178 Å². The predicted molar refractivity (Wildman–Crippen MR) is 116 cm³/mol. The van der Waals surface area contributed by atoms with Gasteiger partial charge in [0.15, 0.2) is 5.13 Å². The number of hydrogen-bond acceptors (Lipinski definition) is 4. The number of ether oxygens (including phenoxy) is 1. The van der Waals surface area contributed by atoms with E-state index in [1.165, 1.54) is 11.3 Å². The molecule has 4 nitrogen and oxygen atoms in total. The highest BCUT2D eigenvalue weighted by Crippen LogP contribution is 2.30. The van der Waals surface area contributed by atoms with E-state index in [1.54, 1.807) is 24.3 Å². The Morgan fingerprint density at radius 3 is 2.71 bits per heavy atom. The Hall–Kier alpha value is -2.08. The van der Waals surface area contributed by atoms with Gasteiger partial charge in [0.2, 0.25) is 0 Å². The number of carbonyl (C=O) groups excluding carboxylic acids is 1. The summed E-state index contributed by atoms with van der Waals surface area (Å²) in [6.45, 7) is 5.76. The van der Waals surface area contributed by atoms with Crippen molar-refractivity contribution >= 4 is 45.6 Å². The van der Waals surface area contributed by atoms with E-state index in [0.717, 1.165) is 16.1 Å². The molecule has 3 rings (SSSR count). The summed E-state index contributed by atoms with van der Waals surface area (Å²) in [6, 6.07) is 12.6. The van der Waals surface area contributed by atoms with Crippen LogP contribution in [0, 0.1) is 6.92 Å². The molecule has 28 heavy (non-hydrogen) atoms. The van der Waals surface area contributed by atoms with Crippen LogP contribution in [0.2, 0.25) is 10.0 Å². The smallest absolute Gasteiger partial charge is 0.261 e. The first-order valence-electron chi connectivity index (χ1n) is 8.80. The van der Waals surface area contributed by atoms with Gasteiger partial charge in [-0.25, -0.2) is 4.98 Å². The maximum Gasteiger partial charge on any atom is 0.261 e. The molecule has 0 fully saturated rings. The average molecular weight is 435 g/mol. The molecular formula is C21H20Cl2N2O2S. The van der Waals surface area contributed by atoms with Crippen molar-refractivity contribution in [1.82, 2.24) is 4.98 Å². The van der Waals surface area contributed by atoms with Gasteiger partial charge >= 0.3 is 0 Å². The number of aryl methyl sites for hydroxylation is 1. The molecule has 0 unspecified atom stereocenters. The summed E-state index contributed by atoms with van der Waals surface area (Å²) in [5.41, 5.74) is 2.25. The number of thiazole rings is 1. The second-order valence-corrected chi connectivity index (χ2v) is 8.48. The van der Waals surface area contributed by atoms with E-state index in [0.29, 0.717) is 32.9 Å². The molecule has 1 heterocycles. The third kappa shape index (κ3) is 5.04. The number of para-hydroxylation sites is 1. The van der Waals surface area contributed by atoms with E-state index in [4.69, 9.17) is 27.9 Å². The summed E-state index contributed by atoms with van der Waals surface area (Å²) in [5, 5.41) is 4.70. The highest BCUT2D eigenvalue weighted by molar-refractivity contribution is 7.15. The van der Waals surface area contributed by atoms with Gasteiger partial charge in [0, 0.05) is 21.3 Å². The molecule has 1 N–H and O–H groups in total. The van der Waals surface area contributed by atoms with Crippen molar-refractivity contribution in [3.8, 4) is 5.75 Å². The van der Waals surface area contributed by atoms with Gasteiger partial charge in [0.1, 0.15) is 5.75 Å². The van der Waals surface area contributed by atoms with Gasteiger partial charge in [-0.05, 0) is 56.7 Å². The number of nitrogens with zero attached hydrogens (tertiary/aromatic N) is 1. The minimum atomic E-state index is -0.252. The average Bonchev–Trinajstić information content (AvgIpc) is 2.97. The van der Waals surface area contributed by atoms with Gasteiger partial charge in [-0.1, -0.05) is 35.3 Å². The molecule has 146 valence electrons. The molecule has 0 saturated carbocycles. The van der Waals surface area contributed by atoms with Gasteiger partial charge in [-0.2, -0.15) is 0 Å². The SMILES string of the molecule is Cc1nc(NC(=O)c2ccccc2OC(C)C)sc1Cc1cc(Cl)ccc1Cl. The number of aromatic nitrogens is 1. The fraction of sp³-hybridized carbons (Fsp3) is 0.238. The minimum Gasteiger partial charge on any atom is -0.490 e. The van der Waals surface area contributed by atoms with Crippen LogP contribution < -0.4 is 10.1 Å². The van der Waals surface area contributed by atoms with Crippen molar-refractivity contribution < 1.29 is 9.53 Å². The van der Waals surface area contributed by atoms with E-state index in [1.807, 2.05) is 39.0 Å². The largest absolute Gasteiger partial charge is 0.490 e. The molecule has 0 bridgehead atoms. The highest BCUT2D eigenvalue weighted by atomic mass is 35.5. The second-order valence-electron chi connectivity index (χ2n) is 6.56. The molecule has 0 aliphatic heterocycles. The first-order valence-corrected chi connectivity index (χ1v) is 10.4. The first-order chi connectivity index (χ1) is 13.3. The first kappa shape index (κ1) is 20.6. The third-order valence-electron chi connectivity index (χ3n) is 3.97. The van der Waals surface area contributed by atoms with E-state index in [2.05, 4.69) is 10.3 Å². The number of rotatable bonds is 6. The van der Waals surface area contributed by atoms with Crippen molar-refractivity contribution in [2.45, 2.75) is 33.3 Å². The Bertz CT molecular complexity index is 1000. The molecule has 1 amide bonds. The molecule has 0 atom stereocenters. The zero-order chi connectivity index (χ0) is 20.3. The molecule has 1 aromatic heterocycles. The highest BCUT2D eigenvalue weighted by Gasteiger charge is 2.17. The lowest BCUT2D eigenvalue weighted by Gasteiger charge is -2.13. The Kier molecular flexibility index (Phi) is 6.60. The summed E-state index contributed by atoms with van der Waals surface area (Å²) in [7, 11) is 0. The summed E-state index contributed by atoms with van der Waals surface area (Å²) < 4.78 is 5.73. The van der Waals surface area contributed by atoms with Crippen LogP contribution in [-0.2, 0) is 6.42 Å². The van der Waals surface area contributed by atoms with E-state index >= 15 is 0 Å². The fourth-order valence-electron chi connectivity index (χ4n) is 2.67. The summed E-state index contributed by atoms with van der Waals surface area (Å²) in [5.74, 6) is 0.298. The van der Waals surface area contributed by atoms with Crippen molar-refractivity contribution in [2.75, 3.05) is 5.32 Å². The van der Waals surface area contributed by atoms with Crippen LogP contribution in [0.5, 0.6) is 5.75 Å². The molecule has 3 aromatic rings. The monoisotopic (exact) mass is 434 g/mol. The van der Waals surface area contributed by atoms with Crippen molar-refractivity contribution in [3.63, 3.8) is 0 Å². The summed E-state index contributed by atoms with van der Waals surface area (Å²) >= 11 is 13.8. The number of hydrogen-bond donors (Lipinski definition) is 1. The summed E-state index contributed by atoms with van der Waals surface area (Å²) in [4.78, 5) is 18.2. The minimum absolute atomic E-state index is 0.0231. The maximum atomic E-state index is 12.7. The number of carbonyl (C=O) groups is 1. The zero-order valence-corrected chi connectivity index (χ0v) is 18.1. The van der Waals surface area contributed by atoms with E-state index in [9.17, 15) is 4.79 Å². The molecule has 7 heteroatoms. The van der Waals surface area contributed by atoms with Gasteiger partial charge in [0.25, 0.3) is 5.91 Å². The van der Waals surface area contributed by atoms with Crippen molar-refractivity contribution in [3.05, 3.63) is 74.2 Å². The van der Waals surface area contributed by atoms with Crippen LogP contribution in [0.3, 0.4) is 0 Å². The van der Waals surface area contributed by atoms with Crippen LogP contribution in [0.1, 0.15) is 40.3 Å². The summed E-state index contributed by atoms with van der Waals surface area (Å²) in [6.07, 6.45) is 0.580. The maximum absolute atomic E-state index is 12.7. The van der Waals surface area contributed by atoms with E-state index < -0.39 is 0 Å². The number of nitrogens with one attached hydrogen (secondary N) is 1. The Morgan fingerprint density at radius 1 is 1.21 bits per heavy atom. The lowest BCUT2D eigenvalue weighted by atomic mass is 10.1. The molecule has 2 aromatic carbocycles. The van der Waals surface area contributed by atoms with Gasteiger partial charge in [-0.15, -0.1) is 11.3 Å². The van der Waals surface area contributed by atoms with E-state index in [-0.39, 0.29) is 12.0 Å². The van der Waals surface area contributed by atoms with Gasteiger partial charge in [0.05, 0.1) is 17.4 Å². The third-order valence-corrected chi connectivity index (χ3v) is 5.64. The second kappa shape index (κ2) is 8.95. The number of anilines is 1. The van der Waals surface area contributed by atoms with Crippen LogP contribution in [-0.4, -0.2) is 17.0 Å². The predicted octanol–water partition coefficient (Wildman–Crippen LogP) is 6.39.